The number of nitro groups is 1. The van der Waals surface area contributed by atoms with Crippen molar-refractivity contribution in [3.63, 3.8) is 0 Å². The maximum absolute atomic E-state index is 13.9. The molecule has 3 aromatic rings. The van der Waals surface area contributed by atoms with E-state index in [1.807, 2.05) is 0 Å². The molecule has 0 aliphatic carbocycles. The summed E-state index contributed by atoms with van der Waals surface area (Å²) in [6.45, 7) is -0.127. The summed E-state index contributed by atoms with van der Waals surface area (Å²) < 4.78 is 27.5. The predicted octanol–water partition coefficient (Wildman–Crippen LogP) is 3.51. The first-order chi connectivity index (χ1) is 16.7. The summed E-state index contributed by atoms with van der Waals surface area (Å²) in [7, 11) is 0. The average Bonchev–Trinajstić information content (AvgIpc) is 3.23. The molecule has 3 amide bonds. The molecule has 1 aromatic heterocycles. The van der Waals surface area contributed by atoms with Gasteiger partial charge in [0.15, 0.2) is 0 Å². The lowest BCUT2D eigenvalue weighted by Gasteiger charge is -2.17. The molecule has 4 rings (SSSR count). The third-order valence-electron chi connectivity index (χ3n) is 5.32. The first-order valence-corrected chi connectivity index (χ1v) is 10.3. The standard InChI is InChI=1S/C23H17F2N5O5/c24-14-4-7-17(27-23(33)18-3-1-2-8-26-18)19(10-14)28-22(32)13-9-21(31)29(12-13)15-5-6-16(25)20(11-15)30(34)35/h1-8,10-11,13H,9,12H2,(H,27,33)(H,28,32). The van der Waals surface area contributed by atoms with Crippen LogP contribution in [-0.2, 0) is 9.59 Å². The molecule has 1 aliphatic heterocycles. The van der Waals surface area contributed by atoms with Crippen molar-refractivity contribution in [2.75, 3.05) is 22.1 Å². The average molecular weight is 481 g/mol. The maximum Gasteiger partial charge on any atom is 0.306 e. The van der Waals surface area contributed by atoms with E-state index in [0.29, 0.717) is 0 Å². The van der Waals surface area contributed by atoms with Crippen LogP contribution in [0, 0.1) is 27.7 Å². The zero-order chi connectivity index (χ0) is 25.1. The quantitative estimate of drug-likeness (QED) is 0.409. The number of benzene rings is 2. The topological polar surface area (TPSA) is 135 Å². The highest BCUT2D eigenvalue weighted by Gasteiger charge is 2.36. The first-order valence-electron chi connectivity index (χ1n) is 10.3. The molecule has 1 fully saturated rings. The molecule has 1 aliphatic rings. The highest BCUT2D eigenvalue weighted by molar-refractivity contribution is 6.08. The molecule has 0 saturated carbocycles. The summed E-state index contributed by atoms with van der Waals surface area (Å²) in [6, 6.07) is 11.1. The van der Waals surface area contributed by atoms with Crippen LogP contribution in [0.3, 0.4) is 0 Å². The van der Waals surface area contributed by atoms with Gasteiger partial charge in [0.05, 0.1) is 27.9 Å². The van der Waals surface area contributed by atoms with Crippen LogP contribution in [-0.4, -0.2) is 34.2 Å². The van der Waals surface area contributed by atoms with Gasteiger partial charge in [-0.1, -0.05) is 6.07 Å². The maximum atomic E-state index is 13.9. The van der Waals surface area contributed by atoms with Gasteiger partial charge in [-0.05, 0) is 42.5 Å². The number of halogens is 2. The van der Waals surface area contributed by atoms with Crippen LogP contribution in [0.5, 0.6) is 0 Å². The molecule has 0 radical (unpaired) electrons. The summed E-state index contributed by atoms with van der Waals surface area (Å²) in [5.74, 6) is -4.29. The Bertz CT molecular complexity index is 1340. The van der Waals surface area contributed by atoms with Crippen molar-refractivity contribution in [3.05, 3.63) is 88.2 Å². The second-order valence-corrected chi connectivity index (χ2v) is 7.65. The Kier molecular flexibility index (Phi) is 6.44. The number of hydrogen-bond donors (Lipinski definition) is 2. The first kappa shape index (κ1) is 23.4. The number of carbonyl (C=O) groups excluding carboxylic acids is 3. The molecule has 1 saturated heterocycles. The van der Waals surface area contributed by atoms with Crippen LogP contribution >= 0.6 is 0 Å². The van der Waals surface area contributed by atoms with Gasteiger partial charge in [0, 0.05) is 25.2 Å². The molecule has 2 aromatic carbocycles. The number of carbonyl (C=O) groups is 3. The second kappa shape index (κ2) is 9.63. The summed E-state index contributed by atoms with van der Waals surface area (Å²) in [5, 5.41) is 16.1. The number of nitrogens with one attached hydrogen (secondary N) is 2. The van der Waals surface area contributed by atoms with Crippen molar-refractivity contribution < 1.29 is 28.1 Å². The lowest BCUT2D eigenvalue weighted by Crippen LogP contribution is -2.28. The molecule has 12 heteroatoms. The van der Waals surface area contributed by atoms with E-state index in [0.717, 1.165) is 29.2 Å². The summed E-state index contributed by atoms with van der Waals surface area (Å²) in [6.07, 6.45) is 1.21. The monoisotopic (exact) mass is 481 g/mol. The Morgan fingerprint density at radius 3 is 2.57 bits per heavy atom. The van der Waals surface area contributed by atoms with Crippen molar-refractivity contribution in [3.8, 4) is 0 Å². The summed E-state index contributed by atoms with van der Waals surface area (Å²) in [4.78, 5) is 53.0. The van der Waals surface area contributed by atoms with Crippen molar-refractivity contribution in [2.24, 2.45) is 5.92 Å². The van der Waals surface area contributed by atoms with Gasteiger partial charge < -0.3 is 15.5 Å². The number of aromatic nitrogens is 1. The van der Waals surface area contributed by atoms with Crippen molar-refractivity contribution in [2.45, 2.75) is 6.42 Å². The number of anilines is 3. The zero-order valence-electron chi connectivity index (χ0n) is 17.9. The lowest BCUT2D eigenvalue weighted by atomic mass is 10.1. The zero-order valence-corrected chi connectivity index (χ0v) is 17.9. The van der Waals surface area contributed by atoms with Gasteiger partial charge >= 0.3 is 5.69 Å². The van der Waals surface area contributed by atoms with Gasteiger partial charge in [0.1, 0.15) is 11.5 Å². The Morgan fingerprint density at radius 1 is 1.06 bits per heavy atom. The van der Waals surface area contributed by atoms with E-state index in [2.05, 4.69) is 15.6 Å². The van der Waals surface area contributed by atoms with Crippen LogP contribution in [0.2, 0.25) is 0 Å². The highest BCUT2D eigenvalue weighted by Crippen LogP contribution is 2.31. The van der Waals surface area contributed by atoms with Crippen molar-refractivity contribution >= 4 is 40.5 Å². The van der Waals surface area contributed by atoms with Crippen LogP contribution in [0.25, 0.3) is 0 Å². The molecule has 1 unspecified atom stereocenters. The van der Waals surface area contributed by atoms with E-state index in [4.69, 9.17) is 0 Å². The molecule has 178 valence electrons. The number of nitrogens with zero attached hydrogens (tertiary/aromatic N) is 3. The molecule has 2 heterocycles. The minimum Gasteiger partial charge on any atom is -0.324 e. The van der Waals surface area contributed by atoms with Gasteiger partial charge in [-0.2, -0.15) is 4.39 Å². The lowest BCUT2D eigenvalue weighted by molar-refractivity contribution is -0.387. The molecule has 10 nitrogen and oxygen atoms in total. The van der Waals surface area contributed by atoms with Crippen LogP contribution < -0.4 is 15.5 Å². The predicted molar refractivity (Wildman–Crippen MR) is 121 cm³/mol. The number of hydrogen-bond acceptors (Lipinski definition) is 6. The molecule has 0 spiro atoms. The van der Waals surface area contributed by atoms with E-state index in [9.17, 15) is 33.3 Å². The minimum absolute atomic E-state index is 0.0254. The second-order valence-electron chi connectivity index (χ2n) is 7.65. The third kappa shape index (κ3) is 5.11. The Balaban J connectivity index is 1.50. The Morgan fingerprint density at radius 2 is 1.86 bits per heavy atom. The van der Waals surface area contributed by atoms with E-state index < -0.39 is 45.9 Å². The van der Waals surface area contributed by atoms with E-state index >= 15 is 0 Å². The number of amides is 3. The summed E-state index contributed by atoms with van der Waals surface area (Å²) in [5.41, 5.74) is -0.517. The molecular weight excluding hydrogens is 464 g/mol. The van der Waals surface area contributed by atoms with Gasteiger partial charge in [-0.3, -0.25) is 29.5 Å². The van der Waals surface area contributed by atoms with Crippen molar-refractivity contribution in [1.82, 2.24) is 4.98 Å². The smallest absolute Gasteiger partial charge is 0.306 e. The molecule has 35 heavy (non-hydrogen) atoms. The highest BCUT2D eigenvalue weighted by atomic mass is 19.1. The fourth-order valence-electron chi connectivity index (χ4n) is 3.59. The molecule has 1 atom stereocenters. The fourth-order valence-corrected chi connectivity index (χ4v) is 3.59. The SMILES string of the molecule is O=C(Nc1ccc(F)cc1NC(=O)C1CC(=O)N(c2ccc(F)c([N+](=O)[O-])c2)C1)c1ccccn1. The molecular formula is C23H17F2N5O5. The fraction of sp³-hybridized carbons (Fsp3) is 0.130. The Hall–Kier alpha value is -4.74. The van der Waals surface area contributed by atoms with Gasteiger partial charge in [-0.25, -0.2) is 4.39 Å². The van der Waals surface area contributed by atoms with Gasteiger partial charge in [0.2, 0.25) is 17.6 Å². The normalized spacial score (nSPS) is 15.1. The van der Waals surface area contributed by atoms with Crippen LogP contribution in [0.15, 0.2) is 60.8 Å². The van der Waals surface area contributed by atoms with Gasteiger partial charge in [0.25, 0.3) is 5.91 Å². The molecule has 2 N–H and O–H groups in total. The Labute approximate surface area is 196 Å². The largest absolute Gasteiger partial charge is 0.324 e. The van der Waals surface area contributed by atoms with E-state index in [-0.39, 0.29) is 35.7 Å². The van der Waals surface area contributed by atoms with Crippen LogP contribution in [0.1, 0.15) is 16.9 Å². The third-order valence-corrected chi connectivity index (χ3v) is 5.32. The molecule has 0 bridgehead atoms. The number of pyridine rings is 1. The van der Waals surface area contributed by atoms with Crippen LogP contribution in [0.4, 0.5) is 31.5 Å². The van der Waals surface area contributed by atoms with Crippen molar-refractivity contribution in [1.29, 1.82) is 0 Å². The number of rotatable bonds is 6. The summed E-state index contributed by atoms with van der Waals surface area (Å²) >= 11 is 0. The minimum atomic E-state index is -1.05. The van der Waals surface area contributed by atoms with E-state index in [1.54, 1.807) is 12.1 Å². The van der Waals surface area contributed by atoms with Gasteiger partial charge in [-0.15, -0.1) is 0 Å². The number of nitro benzene ring substituents is 1. The van der Waals surface area contributed by atoms with E-state index in [1.165, 1.54) is 24.4 Å².